The molecule has 0 aliphatic carbocycles. The predicted octanol–water partition coefficient (Wildman–Crippen LogP) is 6.73. The van der Waals surface area contributed by atoms with Gasteiger partial charge in [-0.1, -0.05) is 60.1 Å². The van der Waals surface area contributed by atoms with Gasteiger partial charge in [0, 0.05) is 23.8 Å². The molecule has 2 amide bonds. The van der Waals surface area contributed by atoms with Gasteiger partial charge in [-0.3, -0.25) is 0 Å². The maximum Gasteiger partial charge on any atom is 0.322 e. The number of methoxy groups -OCH3 is 1. The molecule has 5 nitrogen and oxygen atoms in total. The molecule has 36 heavy (non-hydrogen) atoms. The first-order chi connectivity index (χ1) is 17.6. The zero-order chi connectivity index (χ0) is 25.2. The molecule has 0 radical (unpaired) electrons. The quantitative estimate of drug-likeness (QED) is 0.332. The van der Waals surface area contributed by atoms with Gasteiger partial charge in [0.15, 0.2) is 0 Å². The Morgan fingerprint density at radius 3 is 2.39 bits per heavy atom. The van der Waals surface area contributed by atoms with E-state index in [0.29, 0.717) is 18.1 Å². The Labute approximate surface area is 220 Å². The summed E-state index contributed by atoms with van der Waals surface area (Å²) < 4.78 is 5.22. The molecule has 0 unspecified atom stereocenters. The third kappa shape index (κ3) is 7.74. The number of likely N-dealkylation sites (tertiary alicyclic amines) is 1. The minimum absolute atomic E-state index is 0.123. The van der Waals surface area contributed by atoms with E-state index in [-0.39, 0.29) is 6.03 Å². The first-order valence-corrected chi connectivity index (χ1v) is 13.2. The Bertz CT molecular complexity index is 1080. The van der Waals surface area contributed by atoms with Crippen LogP contribution in [0.5, 0.6) is 5.75 Å². The number of hydrogen-bond donors (Lipinski definition) is 1. The Morgan fingerprint density at radius 1 is 1.00 bits per heavy atom. The molecule has 190 valence electrons. The SMILES string of the molecule is COc1ccc(NC(=O)N(CCCN2CCC(Cc3ccccc3)CC2)Cc2ccccc2Cl)cc1. The number of nitrogens with zero attached hydrogens (tertiary/aromatic N) is 2. The second kappa shape index (κ2) is 13.3. The van der Waals surface area contributed by atoms with E-state index in [1.807, 2.05) is 53.4 Å². The summed E-state index contributed by atoms with van der Waals surface area (Å²) in [5, 5.41) is 3.71. The zero-order valence-electron chi connectivity index (χ0n) is 21.0. The number of benzene rings is 3. The van der Waals surface area contributed by atoms with Crippen LogP contribution in [0.2, 0.25) is 5.02 Å². The lowest BCUT2D eigenvalue weighted by molar-refractivity contribution is 0.170. The highest BCUT2D eigenvalue weighted by Crippen LogP contribution is 2.23. The summed E-state index contributed by atoms with van der Waals surface area (Å²) in [6.45, 7) is 4.38. The molecule has 1 fully saturated rings. The third-order valence-electron chi connectivity index (χ3n) is 6.92. The highest BCUT2D eigenvalue weighted by Gasteiger charge is 2.20. The van der Waals surface area contributed by atoms with Crippen molar-refractivity contribution in [3.63, 3.8) is 0 Å². The molecule has 0 bridgehead atoms. The maximum atomic E-state index is 13.2. The highest BCUT2D eigenvalue weighted by molar-refractivity contribution is 6.31. The molecule has 4 rings (SSSR count). The number of halogens is 1. The fourth-order valence-corrected chi connectivity index (χ4v) is 5.00. The molecule has 1 aliphatic heterocycles. The van der Waals surface area contributed by atoms with Gasteiger partial charge >= 0.3 is 6.03 Å². The minimum atomic E-state index is -0.123. The Morgan fingerprint density at radius 2 is 1.69 bits per heavy atom. The van der Waals surface area contributed by atoms with Crippen molar-refractivity contribution in [2.24, 2.45) is 5.92 Å². The molecule has 1 N–H and O–H groups in total. The average molecular weight is 506 g/mol. The lowest BCUT2D eigenvalue weighted by Crippen LogP contribution is -2.39. The summed E-state index contributed by atoms with van der Waals surface area (Å²) in [4.78, 5) is 17.6. The summed E-state index contributed by atoms with van der Waals surface area (Å²) in [7, 11) is 1.63. The van der Waals surface area contributed by atoms with Crippen molar-refractivity contribution < 1.29 is 9.53 Å². The minimum Gasteiger partial charge on any atom is -0.497 e. The van der Waals surface area contributed by atoms with Gasteiger partial charge in [-0.05, 0) is 92.7 Å². The standard InChI is InChI=1S/C30H36ClN3O2/c1-36-28-14-12-27(13-15-28)32-30(35)34(23-26-10-5-6-11-29(26)31)19-7-18-33-20-16-25(17-21-33)22-24-8-3-2-4-9-24/h2-6,8-15,25H,7,16-23H2,1H3,(H,32,35). The van der Waals surface area contributed by atoms with Crippen molar-refractivity contribution in [1.29, 1.82) is 0 Å². The lowest BCUT2D eigenvalue weighted by Gasteiger charge is -2.32. The Balaban J connectivity index is 1.29. The Kier molecular flexibility index (Phi) is 9.65. The van der Waals surface area contributed by atoms with E-state index in [1.54, 1.807) is 7.11 Å². The monoisotopic (exact) mass is 505 g/mol. The van der Waals surface area contributed by atoms with Crippen molar-refractivity contribution >= 4 is 23.3 Å². The van der Waals surface area contributed by atoms with Crippen molar-refractivity contribution in [1.82, 2.24) is 9.80 Å². The first-order valence-electron chi connectivity index (χ1n) is 12.8. The van der Waals surface area contributed by atoms with E-state index >= 15 is 0 Å². The van der Waals surface area contributed by atoms with Gasteiger partial charge in [0.2, 0.25) is 0 Å². The smallest absolute Gasteiger partial charge is 0.322 e. The van der Waals surface area contributed by atoms with Gasteiger partial charge < -0.3 is 19.9 Å². The molecule has 1 saturated heterocycles. The summed E-state index contributed by atoms with van der Waals surface area (Å²) in [5.74, 6) is 1.52. The molecular weight excluding hydrogens is 470 g/mol. The summed E-state index contributed by atoms with van der Waals surface area (Å²) in [6, 6.07) is 25.8. The number of rotatable bonds is 10. The van der Waals surface area contributed by atoms with E-state index in [0.717, 1.165) is 49.0 Å². The zero-order valence-corrected chi connectivity index (χ0v) is 21.8. The normalized spacial score (nSPS) is 14.4. The summed E-state index contributed by atoms with van der Waals surface area (Å²) in [5.41, 5.74) is 3.13. The van der Waals surface area contributed by atoms with Gasteiger partial charge in [0.05, 0.1) is 7.11 Å². The van der Waals surface area contributed by atoms with E-state index in [4.69, 9.17) is 16.3 Å². The van der Waals surface area contributed by atoms with E-state index < -0.39 is 0 Å². The molecule has 1 heterocycles. The number of piperidine rings is 1. The third-order valence-corrected chi connectivity index (χ3v) is 7.29. The topological polar surface area (TPSA) is 44.8 Å². The molecule has 1 aliphatic rings. The first kappa shape index (κ1) is 26.1. The Hall–Kier alpha value is -3.02. The molecular formula is C30H36ClN3O2. The maximum absolute atomic E-state index is 13.2. The van der Waals surface area contributed by atoms with Gasteiger partial charge in [-0.2, -0.15) is 0 Å². The predicted molar refractivity (Wildman–Crippen MR) is 148 cm³/mol. The van der Waals surface area contributed by atoms with Crippen LogP contribution in [0.4, 0.5) is 10.5 Å². The van der Waals surface area contributed by atoms with Crippen molar-refractivity contribution in [3.05, 3.63) is 95.0 Å². The van der Waals surface area contributed by atoms with Crippen molar-refractivity contribution in [2.45, 2.75) is 32.2 Å². The van der Waals surface area contributed by atoms with E-state index in [1.165, 1.54) is 24.8 Å². The highest BCUT2D eigenvalue weighted by atomic mass is 35.5. The number of nitrogens with one attached hydrogen (secondary N) is 1. The molecule has 0 saturated carbocycles. The van der Waals surface area contributed by atoms with Gasteiger partial charge in [0.1, 0.15) is 5.75 Å². The molecule has 0 aromatic heterocycles. The fraction of sp³-hybridized carbons (Fsp3) is 0.367. The van der Waals surface area contributed by atoms with Crippen LogP contribution in [-0.2, 0) is 13.0 Å². The van der Waals surface area contributed by atoms with Gasteiger partial charge in [-0.25, -0.2) is 4.79 Å². The van der Waals surface area contributed by atoms with Crippen LogP contribution in [0.1, 0.15) is 30.4 Å². The summed E-state index contributed by atoms with van der Waals surface area (Å²) >= 11 is 6.41. The van der Waals surface area contributed by atoms with Gasteiger partial charge in [0.25, 0.3) is 0 Å². The molecule has 3 aromatic carbocycles. The van der Waals surface area contributed by atoms with Crippen molar-refractivity contribution in [3.8, 4) is 5.75 Å². The van der Waals surface area contributed by atoms with Crippen LogP contribution in [-0.4, -0.2) is 49.1 Å². The number of anilines is 1. The number of carbonyl (C=O) groups excluding carboxylic acids is 1. The number of urea groups is 1. The fourth-order valence-electron chi connectivity index (χ4n) is 4.81. The van der Waals surface area contributed by atoms with Crippen LogP contribution in [0.25, 0.3) is 0 Å². The molecule has 0 spiro atoms. The number of amides is 2. The molecule has 3 aromatic rings. The average Bonchev–Trinajstić information content (AvgIpc) is 2.91. The van der Waals surface area contributed by atoms with Crippen LogP contribution in [0.3, 0.4) is 0 Å². The second-order valence-corrected chi connectivity index (χ2v) is 9.91. The number of carbonyl (C=O) groups is 1. The second-order valence-electron chi connectivity index (χ2n) is 9.50. The van der Waals surface area contributed by atoms with Crippen molar-refractivity contribution in [2.75, 3.05) is 38.6 Å². The van der Waals surface area contributed by atoms with Crippen LogP contribution in [0, 0.1) is 5.92 Å². The van der Waals surface area contributed by atoms with Crippen LogP contribution >= 0.6 is 11.6 Å². The molecule has 0 atom stereocenters. The lowest BCUT2D eigenvalue weighted by atomic mass is 9.90. The van der Waals surface area contributed by atoms with Crippen LogP contribution < -0.4 is 10.1 Å². The molecule has 6 heteroatoms. The number of hydrogen-bond acceptors (Lipinski definition) is 3. The van der Waals surface area contributed by atoms with Crippen LogP contribution in [0.15, 0.2) is 78.9 Å². The number of ether oxygens (including phenoxy) is 1. The van der Waals surface area contributed by atoms with E-state index in [2.05, 4.69) is 40.5 Å². The largest absolute Gasteiger partial charge is 0.497 e. The van der Waals surface area contributed by atoms with E-state index in [9.17, 15) is 4.79 Å². The summed E-state index contributed by atoms with van der Waals surface area (Å²) in [6.07, 6.45) is 4.56. The van der Waals surface area contributed by atoms with Gasteiger partial charge in [-0.15, -0.1) is 0 Å².